The van der Waals surface area contributed by atoms with Crippen molar-refractivity contribution in [1.82, 2.24) is 5.32 Å². The molecule has 0 aromatic carbocycles. The maximum atomic E-state index is 8.87. The van der Waals surface area contributed by atoms with Gasteiger partial charge in [-0.25, -0.2) is 0 Å². The Morgan fingerprint density at radius 1 is 1.56 bits per heavy atom. The van der Waals surface area contributed by atoms with Crippen LogP contribution in [0, 0.1) is 0 Å². The van der Waals surface area contributed by atoms with Gasteiger partial charge in [0.25, 0.3) is 0 Å². The fourth-order valence-electron chi connectivity index (χ4n) is 1.32. The first-order valence-electron chi connectivity index (χ1n) is 4.94. The van der Waals surface area contributed by atoms with E-state index in [0.29, 0.717) is 24.2 Å². The number of hydrogen-bond acceptors (Lipinski definition) is 4. The molecular weight excluding hydrogens is 342 g/mol. The Balaban J connectivity index is 2.41. The van der Waals surface area contributed by atoms with Crippen molar-refractivity contribution in [3.8, 4) is 0 Å². The third-order valence-electron chi connectivity index (χ3n) is 2.11. The van der Waals surface area contributed by atoms with Crippen molar-refractivity contribution in [3.63, 3.8) is 0 Å². The number of furan rings is 1. The summed E-state index contributed by atoms with van der Waals surface area (Å²) in [4.78, 5) is 0. The van der Waals surface area contributed by atoms with Gasteiger partial charge in [0, 0.05) is 19.8 Å². The number of aliphatic hydroxyl groups is 1. The molecule has 0 saturated heterocycles. The molecule has 0 aliphatic rings. The first kappa shape index (κ1) is 14.2. The number of nitrogens with one attached hydrogen (secondary N) is 1. The summed E-state index contributed by atoms with van der Waals surface area (Å²) < 4.78 is 12.1. The summed E-state index contributed by atoms with van der Waals surface area (Å²) in [6, 6.07) is 2.04. The minimum Gasteiger partial charge on any atom is -0.452 e. The number of methoxy groups -OCH3 is 1. The monoisotopic (exact) mass is 355 g/mol. The predicted molar refractivity (Wildman–Crippen MR) is 68.3 cm³/mol. The smallest absolute Gasteiger partial charge is 0.183 e. The second-order valence-electron chi connectivity index (χ2n) is 3.38. The van der Waals surface area contributed by atoms with Crippen LogP contribution in [0.3, 0.4) is 0 Å². The van der Waals surface area contributed by atoms with Gasteiger partial charge in [-0.15, -0.1) is 0 Å². The van der Waals surface area contributed by atoms with Gasteiger partial charge in [0.15, 0.2) is 4.67 Å². The highest BCUT2D eigenvalue weighted by Crippen LogP contribution is 2.26. The summed E-state index contributed by atoms with van der Waals surface area (Å²) in [7, 11) is 1.64. The Morgan fingerprint density at radius 3 is 2.81 bits per heavy atom. The summed E-state index contributed by atoms with van der Waals surface area (Å²) >= 11 is 6.63. The number of rotatable bonds is 7. The van der Waals surface area contributed by atoms with Gasteiger partial charge in [0.2, 0.25) is 0 Å². The highest BCUT2D eigenvalue weighted by atomic mass is 79.9. The Morgan fingerprint density at radius 2 is 2.31 bits per heavy atom. The molecule has 1 heterocycles. The number of hydrogen-bond donors (Lipinski definition) is 2. The maximum Gasteiger partial charge on any atom is 0.183 e. The largest absolute Gasteiger partial charge is 0.452 e. The molecule has 0 radical (unpaired) electrons. The Labute approximate surface area is 112 Å². The minimum atomic E-state index is 0.137. The van der Waals surface area contributed by atoms with E-state index >= 15 is 0 Å². The van der Waals surface area contributed by atoms with Gasteiger partial charge >= 0.3 is 0 Å². The second-order valence-corrected chi connectivity index (χ2v) is 4.95. The van der Waals surface area contributed by atoms with E-state index in [2.05, 4.69) is 37.2 Å². The average molecular weight is 357 g/mol. The van der Waals surface area contributed by atoms with E-state index < -0.39 is 0 Å². The van der Waals surface area contributed by atoms with Crippen LogP contribution >= 0.6 is 31.9 Å². The summed E-state index contributed by atoms with van der Waals surface area (Å²) in [6.07, 6.45) is 0.664. The molecule has 2 N–H and O–H groups in total. The van der Waals surface area contributed by atoms with Crippen molar-refractivity contribution in [2.75, 3.05) is 20.3 Å². The van der Waals surface area contributed by atoms with E-state index in [1.165, 1.54) is 0 Å². The number of halogens is 2. The fraction of sp³-hybridized carbons (Fsp3) is 0.600. The lowest BCUT2D eigenvalue weighted by Gasteiger charge is -2.15. The molecule has 1 rings (SSSR count). The predicted octanol–water partition coefficient (Wildman–Crippen LogP) is 2.29. The van der Waals surface area contributed by atoms with E-state index in [-0.39, 0.29) is 12.6 Å². The zero-order chi connectivity index (χ0) is 12.0. The Bertz CT molecular complexity index is 292. The van der Waals surface area contributed by atoms with Gasteiger partial charge in [-0.05, 0) is 44.3 Å². The molecule has 4 nitrogen and oxygen atoms in total. The molecule has 0 spiro atoms. The van der Waals surface area contributed by atoms with Crippen LogP contribution in [0.2, 0.25) is 0 Å². The molecule has 1 atom stereocenters. The lowest BCUT2D eigenvalue weighted by molar-refractivity contribution is 0.147. The Kier molecular flexibility index (Phi) is 6.60. The van der Waals surface area contributed by atoms with Crippen molar-refractivity contribution in [3.05, 3.63) is 21.0 Å². The molecule has 1 aromatic heterocycles. The maximum absolute atomic E-state index is 8.87. The minimum absolute atomic E-state index is 0.137. The summed E-state index contributed by atoms with van der Waals surface area (Å²) in [5.74, 6) is 0.831. The molecule has 0 aliphatic heterocycles. The van der Waals surface area contributed by atoms with Gasteiger partial charge in [0.05, 0.1) is 17.6 Å². The quantitative estimate of drug-likeness (QED) is 0.787. The van der Waals surface area contributed by atoms with E-state index in [9.17, 15) is 0 Å². The van der Waals surface area contributed by atoms with Crippen molar-refractivity contribution >= 4 is 31.9 Å². The highest BCUT2D eigenvalue weighted by Gasteiger charge is 2.10. The number of aliphatic hydroxyl groups excluding tert-OH is 1. The molecule has 0 aliphatic carbocycles. The highest BCUT2D eigenvalue weighted by molar-refractivity contribution is 9.13. The van der Waals surface area contributed by atoms with Gasteiger partial charge < -0.3 is 19.6 Å². The van der Waals surface area contributed by atoms with Gasteiger partial charge in [-0.1, -0.05) is 0 Å². The van der Waals surface area contributed by atoms with Crippen LogP contribution in [0.25, 0.3) is 0 Å². The van der Waals surface area contributed by atoms with Crippen LogP contribution < -0.4 is 5.32 Å². The summed E-state index contributed by atoms with van der Waals surface area (Å²) in [5.41, 5.74) is 0. The van der Waals surface area contributed by atoms with E-state index in [4.69, 9.17) is 14.3 Å². The summed E-state index contributed by atoms with van der Waals surface area (Å²) in [6.45, 7) is 1.33. The third-order valence-corrected chi connectivity index (χ3v) is 3.82. The normalized spacial score (nSPS) is 13.0. The lowest BCUT2D eigenvalue weighted by Crippen LogP contribution is -2.33. The van der Waals surface area contributed by atoms with Crippen LogP contribution in [0.15, 0.2) is 19.6 Å². The van der Waals surface area contributed by atoms with Crippen LogP contribution in [-0.2, 0) is 11.3 Å². The molecular formula is C10H15Br2NO3. The van der Waals surface area contributed by atoms with Crippen LogP contribution in [0.1, 0.15) is 12.2 Å². The van der Waals surface area contributed by atoms with Gasteiger partial charge in [-0.3, -0.25) is 0 Å². The third kappa shape index (κ3) is 4.55. The van der Waals surface area contributed by atoms with E-state index in [1.807, 2.05) is 6.07 Å². The molecule has 16 heavy (non-hydrogen) atoms. The molecule has 0 amide bonds. The fourth-order valence-corrected chi connectivity index (χ4v) is 1.98. The SMILES string of the molecule is COCC(CCO)NCc1cc(Br)c(Br)o1. The van der Waals surface area contributed by atoms with Crippen LogP contribution in [-0.4, -0.2) is 31.5 Å². The molecule has 1 unspecified atom stereocenters. The second kappa shape index (κ2) is 7.45. The first-order valence-corrected chi connectivity index (χ1v) is 6.52. The van der Waals surface area contributed by atoms with Crippen LogP contribution in [0.4, 0.5) is 0 Å². The van der Waals surface area contributed by atoms with Gasteiger partial charge in [0.1, 0.15) is 5.76 Å². The molecule has 92 valence electrons. The molecule has 6 heteroatoms. The summed E-state index contributed by atoms with van der Waals surface area (Å²) in [5, 5.41) is 12.1. The topological polar surface area (TPSA) is 54.6 Å². The molecule has 1 aromatic rings. The van der Waals surface area contributed by atoms with Gasteiger partial charge in [-0.2, -0.15) is 0 Å². The number of ether oxygens (including phenoxy) is 1. The van der Waals surface area contributed by atoms with Crippen molar-refractivity contribution in [1.29, 1.82) is 0 Å². The Hall–Kier alpha value is 0.120. The first-order chi connectivity index (χ1) is 7.67. The molecule has 0 bridgehead atoms. The molecule has 0 fully saturated rings. The molecule has 0 saturated carbocycles. The lowest BCUT2D eigenvalue weighted by atomic mass is 10.2. The zero-order valence-corrected chi connectivity index (χ0v) is 12.2. The van der Waals surface area contributed by atoms with E-state index in [1.54, 1.807) is 7.11 Å². The van der Waals surface area contributed by atoms with Crippen molar-refractivity contribution in [2.24, 2.45) is 0 Å². The average Bonchev–Trinajstić information content (AvgIpc) is 2.56. The standard InChI is InChI=1S/C10H15Br2NO3/c1-15-6-7(2-3-14)13-5-8-4-9(11)10(12)16-8/h4,7,13-14H,2-3,5-6H2,1H3. The zero-order valence-electron chi connectivity index (χ0n) is 9.00. The van der Waals surface area contributed by atoms with Crippen molar-refractivity contribution in [2.45, 2.75) is 19.0 Å². The van der Waals surface area contributed by atoms with Crippen molar-refractivity contribution < 1.29 is 14.3 Å². The van der Waals surface area contributed by atoms with E-state index in [0.717, 1.165) is 10.2 Å². The van der Waals surface area contributed by atoms with Crippen LogP contribution in [0.5, 0.6) is 0 Å².